The second kappa shape index (κ2) is 13.8. The van der Waals surface area contributed by atoms with Crippen molar-refractivity contribution >= 4 is 39.6 Å². The van der Waals surface area contributed by atoms with E-state index in [1.165, 1.54) is 28.4 Å². The third-order valence-corrected chi connectivity index (χ3v) is 10.2. The number of carbonyl (C=O) groups is 3. The lowest BCUT2D eigenvalue weighted by atomic mass is 9.80. The van der Waals surface area contributed by atoms with Gasteiger partial charge in [-0.3, -0.25) is 0 Å². The number of methoxy groups -OCH3 is 4. The first-order valence-electron chi connectivity index (χ1n) is 17.9. The van der Waals surface area contributed by atoms with E-state index in [1.807, 2.05) is 81.4 Å². The van der Waals surface area contributed by atoms with Gasteiger partial charge in [0.15, 0.2) is 23.0 Å². The molecule has 56 heavy (non-hydrogen) atoms. The molecular formula is C45H38O11. The standard InChI is InChI=1S/C45H38O11/c1-45(2,3)41-38-37(43(47)56-41)35(24-16-12-9-13-17-24)26-19-31(50-5)33(52-7)21-28(26)40(38)55-44(48)54-39-27-20-32(51-6)30(49-4)18-25(27)34(23-14-10-8-11-15-23)36-29(39)22-53-42(36)46/h8-21,41H,22H2,1-7H3. The van der Waals surface area contributed by atoms with E-state index in [2.05, 4.69) is 0 Å². The van der Waals surface area contributed by atoms with Crippen LogP contribution in [0.15, 0.2) is 84.9 Å². The lowest BCUT2D eigenvalue weighted by Gasteiger charge is -2.28. The van der Waals surface area contributed by atoms with Crippen molar-refractivity contribution in [3.63, 3.8) is 0 Å². The summed E-state index contributed by atoms with van der Waals surface area (Å²) in [7, 11) is 6.03. The molecule has 2 aliphatic heterocycles. The quantitative estimate of drug-likeness (QED) is 0.109. The molecule has 6 aromatic carbocycles. The molecule has 0 fully saturated rings. The molecule has 1 atom stereocenters. The van der Waals surface area contributed by atoms with Crippen LogP contribution in [0.2, 0.25) is 0 Å². The number of ether oxygens (including phenoxy) is 8. The van der Waals surface area contributed by atoms with Crippen LogP contribution in [-0.4, -0.2) is 46.5 Å². The van der Waals surface area contributed by atoms with Crippen LogP contribution >= 0.6 is 0 Å². The number of carbonyl (C=O) groups excluding carboxylic acids is 3. The predicted molar refractivity (Wildman–Crippen MR) is 208 cm³/mol. The van der Waals surface area contributed by atoms with Crippen molar-refractivity contribution in [2.75, 3.05) is 28.4 Å². The van der Waals surface area contributed by atoms with Crippen molar-refractivity contribution in [1.82, 2.24) is 0 Å². The van der Waals surface area contributed by atoms with Gasteiger partial charge in [-0.2, -0.15) is 0 Å². The van der Waals surface area contributed by atoms with E-state index in [4.69, 9.17) is 37.9 Å². The maximum atomic E-state index is 14.4. The lowest BCUT2D eigenvalue weighted by Crippen LogP contribution is -2.21. The summed E-state index contributed by atoms with van der Waals surface area (Å²) in [6.07, 6.45) is -1.95. The Hall–Kier alpha value is -6.75. The van der Waals surface area contributed by atoms with Gasteiger partial charge in [-0.1, -0.05) is 81.4 Å². The van der Waals surface area contributed by atoms with Crippen LogP contribution in [-0.2, 0) is 16.1 Å². The minimum absolute atomic E-state index is 0.0484. The number of cyclic esters (lactones) is 2. The summed E-state index contributed by atoms with van der Waals surface area (Å²) in [6, 6.07) is 25.7. The zero-order valence-electron chi connectivity index (χ0n) is 31.9. The van der Waals surface area contributed by atoms with E-state index in [9.17, 15) is 14.4 Å². The molecule has 0 radical (unpaired) electrons. The van der Waals surface area contributed by atoms with Crippen molar-refractivity contribution in [1.29, 1.82) is 0 Å². The first kappa shape index (κ1) is 36.2. The zero-order valence-corrected chi connectivity index (χ0v) is 31.9. The van der Waals surface area contributed by atoms with Crippen LogP contribution in [0.3, 0.4) is 0 Å². The van der Waals surface area contributed by atoms with Crippen LogP contribution in [0, 0.1) is 5.41 Å². The number of esters is 2. The van der Waals surface area contributed by atoms with Gasteiger partial charge in [0.2, 0.25) is 0 Å². The maximum absolute atomic E-state index is 14.4. The van der Waals surface area contributed by atoms with Gasteiger partial charge < -0.3 is 37.9 Å². The monoisotopic (exact) mass is 754 g/mol. The van der Waals surface area contributed by atoms with Gasteiger partial charge in [0, 0.05) is 32.9 Å². The molecule has 284 valence electrons. The third-order valence-electron chi connectivity index (χ3n) is 10.2. The Bertz CT molecular complexity index is 2590. The molecule has 2 aliphatic rings. The van der Waals surface area contributed by atoms with Crippen molar-refractivity contribution in [2.45, 2.75) is 33.5 Å². The summed E-state index contributed by atoms with van der Waals surface area (Å²) in [5.41, 5.74) is 3.30. The third kappa shape index (κ3) is 5.78. The van der Waals surface area contributed by atoms with Crippen molar-refractivity contribution in [3.05, 3.63) is 107 Å². The SMILES string of the molecule is COc1cc2c(OC(=O)Oc3c4c(c(-c5ccccc5)c5cc(OC)c(OC)cc35)C(=O)OC4C(C)(C)C)c3c(c(-c4ccccc4)c2cc1OC)C(=O)OC3. The van der Waals surface area contributed by atoms with Gasteiger partial charge >= 0.3 is 18.1 Å². The molecule has 0 aromatic heterocycles. The molecule has 2 heterocycles. The van der Waals surface area contributed by atoms with E-state index in [0.29, 0.717) is 66.8 Å². The van der Waals surface area contributed by atoms with Crippen molar-refractivity contribution in [3.8, 4) is 56.8 Å². The van der Waals surface area contributed by atoms with E-state index in [-0.39, 0.29) is 29.2 Å². The van der Waals surface area contributed by atoms with Crippen molar-refractivity contribution in [2.24, 2.45) is 5.41 Å². The lowest BCUT2D eigenvalue weighted by molar-refractivity contribution is 0.00729. The molecule has 0 amide bonds. The van der Waals surface area contributed by atoms with E-state index in [1.54, 1.807) is 24.3 Å². The molecule has 0 N–H and O–H groups in total. The molecule has 11 nitrogen and oxygen atoms in total. The number of rotatable bonds is 8. The molecule has 0 aliphatic carbocycles. The Morgan fingerprint density at radius 1 is 0.589 bits per heavy atom. The molecule has 0 saturated carbocycles. The van der Waals surface area contributed by atoms with Gasteiger partial charge in [0.05, 0.1) is 45.1 Å². The minimum atomic E-state index is -1.13. The van der Waals surface area contributed by atoms with Crippen LogP contribution in [0.4, 0.5) is 4.79 Å². The van der Waals surface area contributed by atoms with Gasteiger partial charge in [0.25, 0.3) is 0 Å². The van der Waals surface area contributed by atoms with E-state index >= 15 is 0 Å². The fourth-order valence-electron chi connectivity index (χ4n) is 7.73. The largest absolute Gasteiger partial charge is 0.519 e. The smallest absolute Gasteiger partial charge is 0.493 e. The second-order valence-electron chi connectivity index (χ2n) is 14.5. The topological polar surface area (TPSA) is 125 Å². The Morgan fingerprint density at radius 2 is 1.04 bits per heavy atom. The first-order valence-corrected chi connectivity index (χ1v) is 17.9. The van der Waals surface area contributed by atoms with Crippen molar-refractivity contribution < 1.29 is 52.3 Å². The van der Waals surface area contributed by atoms with Crippen LogP contribution in [0.5, 0.6) is 34.5 Å². The van der Waals surface area contributed by atoms with Gasteiger partial charge in [-0.15, -0.1) is 0 Å². The predicted octanol–water partition coefficient (Wildman–Crippen LogP) is 9.87. The highest BCUT2D eigenvalue weighted by Crippen LogP contribution is 2.55. The molecular weight excluding hydrogens is 716 g/mol. The van der Waals surface area contributed by atoms with Crippen LogP contribution < -0.4 is 28.4 Å². The molecule has 8 rings (SSSR count). The molecule has 0 bridgehead atoms. The average molecular weight is 755 g/mol. The average Bonchev–Trinajstić information content (AvgIpc) is 3.77. The highest BCUT2D eigenvalue weighted by molar-refractivity contribution is 6.16. The number of fused-ring (bicyclic) bond motifs is 4. The first-order chi connectivity index (χ1) is 27.0. The highest BCUT2D eigenvalue weighted by atomic mass is 16.7. The Kier molecular flexibility index (Phi) is 8.95. The Labute approximate surface area is 322 Å². The number of hydrogen-bond donors (Lipinski definition) is 0. The summed E-state index contributed by atoms with van der Waals surface area (Å²) in [5, 5.41) is 2.00. The normalized spacial score (nSPS) is 14.5. The summed E-state index contributed by atoms with van der Waals surface area (Å²) in [6.45, 7) is 5.65. The van der Waals surface area contributed by atoms with Gasteiger partial charge in [-0.25, -0.2) is 14.4 Å². The fraction of sp³-hybridized carbons (Fsp3) is 0.222. The van der Waals surface area contributed by atoms with E-state index < -0.39 is 29.6 Å². The molecule has 6 aromatic rings. The van der Waals surface area contributed by atoms with Gasteiger partial charge in [-0.05, 0) is 46.2 Å². The fourth-order valence-corrected chi connectivity index (χ4v) is 7.73. The van der Waals surface area contributed by atoms with Crippen LogP contribution in [0.1, 0.15) is 58.7 Å². The summed E-state index contributed by atoms with van der Waals surface area (Å²) in [5.74, 6) is 0.509. The second-order valence-corrected chi connectivity index (χ2v) is 14.5. The van der Waals surface area contributed by atoms with E-state index in [0.717, 1.165) is 11.1 Å². The summed E-state index contributed by atoms with van der Waals surface area (Å²) in [4.78, 5) is 42.0. The Morgan fingerprint density at radius 3 is 1.52 bits per heavy atom. The van der Waals surface area contributed by atoms with Crippen LogP contribution in [0.25, 0.3) is 43.8 Å². The highest BCUT2D eigenvalue weighted by Gasteiger charge is 2.45. The number of benzene rings is 6. The summed E-state index contributed by atoms with van der Waals surface area (Å²) < 4.78 is 46.9. The minimum Gasteiger partial charge on any atom is -0.493 e. The molecule has 0 saturated heterocycles. The molecule has 1 unspecified atom stereocenters. The Balaban J connectivity index is 1.37. The van der Waals surface area contributed by atoms with Gasteiger partial charge in [0.1, 0.15) is 24.2 Å². The number of hydrogen-bond acceptors (Lipinski definition) is 11. The summed E-state index contributed by atoms with van der Waals surface area (Å²) >= 11 is 0. The maximum Gasteiger partial charge on any atom is 0.519 e. The molecule has 0 spiro atoms. The molecule has 11 heteroatoms. The zero-order chi connectivity index (χ0) is 39.5.